The first-order chi connectivity index (χ1) is 13.4. The van der Waals surface area contributed by atoms with E-state index in [0.29, 0.717) is 27.8 Å². The number of hydrogen-bond donors (Lipinski definition) is 2. The second kappa shape index (κ2) is 7.09. The lowest BCUT2D eigenvalue weighted by Crippen LogP contribution is -2.23. The monoisotopic (exact) mass is 398 g/mol. The van der Waals surface area contributed by atoms with Crippen molar-refractivity contribution >= 4 is 34.9 Å². The quantitative estimate of drug-likeness (QED) is 0.692. The molecule has 3 aromatic rings. The van der Waals surface area contributed by atoms with Crippen molar-refractivity contribution in [2.45, 2.75) is 19.4 Å². The zero-order valence-electron chi connectivity index (χ0n) is 14.9. The maximum absolute atomic E-state index is 13.2. The minimum Gasteiger partial charge on any atom is -0.326 e. The van der Waals surface area contributed by atoms with E-state index in [1.165, 1.54) is 16.8 Å². The summed E-state index contributed by atoms with van der Waals surface area (Å²) in [6, 6.07) is 12.0. The average Bonchev–Trinajstić information content (AvgIpc) is 3.10. The van der Waals surface area contributed by atoms with Gasteiger partial charge in [-0.2, -0.15) is 5.10 Å². The van der Waals surface area contributed by atoms with Gasteiger partial charge in [-0.3, -0.25) is 9.59 Å². The van der Waals surface area contributed by atoms with Gasteiger partial charge in [0.1, 0.15) is 17.7 Å². The molecule has 0 spiro atoms. The molecule has 1 atom stereocenters. The molecule has 1 aliphatic heterocycles. The lowest BCUT2D eigenvalue weighted by Gasteiger charge is -2.10. The number of halogens is 2. The smallest absolute Gasteiger partial charge is 0.251 e. The Hall–Kier alpha value is -3.19. The van der Waals surface area contributed by atoms with E-state index in [-0.39, 0.29) is 24.1 Å². The van der Waals surface area contributed by atoms with Crippen molar-refractivity contribution in [3.05, 3.63) is 65.1 Å². The maximum atomic E-state index is 13.2. The number of rotatable bonds is 4. The van der Waals surface area contributed by atoms with Crippen LogP contribution in [0.2, 0.25) is 5.02 Å². The molecule has 0 aliphatic carbocycles. The second-order valence-electron chi connectivity index (χ2n) is 6.53. The number of nitrogens with zero attached hydrogens (tertiary/aromatic N) is 2. The van der Waals surface area contributed by atoms with Gasteiger partial charge in [0.25, 0.3) is 5.91 Å². The molecule has 1 aliphatic rings. The van der Waals surface area contributed by atoms with E-state index in [2.05, 4.69) is 15.7 Å². The van der Waals surface area contributed by atoms with Gasteiger partial charge in [0.05, 0.1) is 12.1 Å². The Bertz CT molecular complexity index is 1080. The van der Waals surface area contributed by atoms with E-state index in [1.54, 1.807) is 43.3 Å². The van der Waals surface area contributed by atoms with Gasteiger partial charge in [-0.25, -0.2) is 9.07 Å². The number of nitrogens with one attached hydrogen (secondary N) is 2. The number of carbonyl (C=O) groups excluding carboxylic acids is 2. The van der Waals surface area contributed by atoms with Gasteiger partial charge in [-0.1, -0.05) is 29.8 Å². The number of fused-ring (bicyclic) bond motifs is 1. The summed E-state index contributed by atoms with van der Waals surface area (Å²) in [5.74, 6) is -0.474. The summed E-state index contributed by atoms with van der Waals surface area (Å²) in [5, 5.41) is 10.5. The summed E-state index contributed by atoms with van der Waals surface area (Å²) < 4.78 is 14.8. The van der Waals surface area contributed by atoms with Crippen LogP contribution in [0.3, 0.4) is 0 Å². The number of anilines is 2. The van der Waals surface area contributed by atoms with E-state index in [0.717, 1.165) is 5.56 Å². The van der Waals surface area contributed by atoms with Crippen LogP contribution in [0, 0.1) is 12.7 Å². The molecule has 1 aromatic heterocycles. The summed E-state index contributed by atoms with van der Waals surface area (Å²) >= 11 is 5.92. The Kier molecular flexibility index (Phi) is 4.60. The Morgan fingerprint density at radius 1 is 1.29 bits per heavy atom. The molecule has 2 amide bonds. The molecule has 2 aromatic carbocycles. The fourth-order valence-corrected chi connectivity index (χ4v) is 3.49. The van der Waals surface area contributed by atoms with Gasteiger partial charge >= 0.3 is 0 Å². The van der Waals surface area contributed by atoms with Crippen LogP contribution in [-0.2, 0) is 9.59 Å². The predicted molar refractivity (Wildman–Crippen MR) is 105 cm³/mol. The predicted octanol–water partition coefficient (Wildman–Crippen LogP) is 4.17. The largest absolute Gasteiger partial charge is 0.326 e. The van der Waals surface area contributed by atoms with Gasteiger partial charge in [0.15, 0.2) is 0 Å². The summed E-state index contributed by atoms with van der Waals surface area (Å²) in [4.78, 5) is 24.9. The molecule has 142 valence electrons. The SMILES string of the molecule is Cc1nn2c(c1-c1ccc(F)cc1)NC(=O)C2CC(=O)Nc1cccc(Cl)c1. The number of aryl methyl sites for hydroxylation is 1. The number of aromatic nitrogens is 2. The molecule has 0 saturated carbocycles. The van der Waals surface area contributed by atoms with E-state index < -0.39 is 6.04 Å². The van der Waals surface area contributed by atoms with Crippen LogP contribution in [0.5, 0.6) is 0 Å². The first-order valence-corrected chi connectivity index (χ1v) is 9.01. The molecule has 8 heteroatoms. The summed E-state index contributed by atoms with van der Waals surface area (Å²) in [5.41, 5.74) is 2.69. The Morgan fingerprint density at radius 2 is 2.04 bits per heavy atom. The average molecular weight is 399 g/mol. The molecule has 1 unspecified atom stereocenters. The fourth-order valence-electron chi connectivity index (χ4n) is 3.30. The Balaban J connectivity index is 1.58. The molecule has 28 heavy (non-hydrogen) atoms. The Morgan fingerprint density at radius 3 is 2.75 bits per heavy atom. The third kappa shape index (κ3) is 3.36. The highest BCUT2D eigenvalue weighted by molar-refractivity contribution is 6.30. The number of hydrogen-bond acceptors (Lipinski definition) is 3. The zero-order valence-corrected chi connectivity index (χ0v) is 15.6. The van der Waals surface area contributed by atoms with Crippen molar-refractivity contribution in [2.24, 2.45) is 0 Å². The van der Waals surface area contributed by atoms with Crippen molar-refractivity contribution in [1.29, 1.82) is 0 Å². The third-order valence-electron chi connectivity index (χ3n) is 4.54. The van der Waals surface area contributed by atoms with Crippen molar-refractivity contribution in [3.63, 3.8) is 0 Å². The van der Waals surface area contributed by atoms with E-state index in [1.807, 2.05) is 0 Å². The number of amides is 2. The number of carbonyl (C=O) groups is 2. The van der Waals surface area contributed by atoms with E-state index in [4.69, 9.17) is 11.6 Å². The molecular formula is C20H16ClFN4O2. The highest BCUT2D eigenvalue weighted by Crippen LogP contribution is 2.38. The molecule has 0 radical (unpaired) electrons. The summed E-state index contributed by atoms with van der Waals surface area (Å²) in [6.07, 6.45) is -0.0741. The van der Waals surface area contributed by atoms with E-state index >= 15 is 0 Å². The minimum absolute atomic E-state index is 0.0741. The van der Waals surface area contributed by atoms with Gasteiger partial charge in [-0.05, 0) is 42.8 Å². The third-order valence-corrected chi connectivity index (χ3v) is 4.78. The highest BCUT2D eigenvalue weighted by Gasteiger charge is 2.36. The van der Waals surface area contributed by atoms with Crippen LogP contribution >= 0.6 is 11.6 Å². The minimum atomic E-state index is -0.762. The molecule has 0 saturated heterocycles. The van der Waals surface area contributed by atoms with Crippen LogP contribution in [0.1, 0.15) is 18.2 Å². The molecular weight excluding hydrogens is 383 g/mol. The molecule has 2 N–H and O–H groups in total. The van der Waals surface area contributed by atoms with Crippen LogP contribution in [0.4, 0.5) is 15.9 Å². The van der Waals surface area contributed by atoms with Gasteiger partial charge < -0.3 is 10.6 Å². The fraction of sp³-hybridized carbons (Fsp3) is 0.150. The van der Waals surface area contributed by atoms with E-state index in [9.17, 15) is 14.0 Å². The molecule has 0 bridgehead atoms. The topological polar surface area (TPSA) is 76.0 Å². The summed E-state index contributed by atoms with van der Waals surface area (Å²) in [6.45, 7) is 1.80. The van der Waals surface area contributed by atoms with Crippen LogP contribution in [0.15, 0.2) is 48.5 Å². The molecule has 4 rings (SSSR count). The molecule has 6 nitrogen and oxygen atoms in total. The second-order valence-corrected chi connectivity index (χ2v) is 6.96. The lowest BCUT2D eigenvalue weighted by atomic mass is 10.1. The first-order valence-electron chi connectivity index (χ1n) is 8.63. The van der Waals surface area contributed by atoms with Crippen molar-refractivity contribution in [1.82, 2.24) is 9.78 Å². The first kappa shape index (κ1) is 18.2. The van der Waals surface area contributed by atoms with Crippen LogP contribution < -0.4 is 10.6 Å². The van der Waals surface area contributed by atoms with Crippen LogP contribution in [-0.4, -0.2) is 21.6 Å². The van der Waals surface area contributed by atoms with Crippen LogP contribution in [0.25, 0.3) is 11.1 Å². The van der Waals surface area contributed by atoms with Crippen molar-refractivity contribution < 1.29 is 14.0 Å². The highest BCUT2D eigenvalue weighted by atomic mass is 35.5. The van der Waals surface area contributed by atoms with Gasteiger partial charge in [-0.15, -0.1) is 0 Å². The van der Waals surface area contributed by atoms with Gasteiger partial charge in [0, 0.05) is 16.3 Å². The summed E-state index contributed by atoms with van der Waals surface area (Å²) in [7, 11) is 0. The molecule has 2 heterocycles. The Labute approximate surface area is 165 Å². The lowest BCUT2D eigenvalue weighted by molar-refractivity contribution is -0.123. The number of benzene rings is 2. The van der Waals surface area contributed by atoms with Crippen molar-refractivity contribution in [2.75, 3.05) is 10.6 Å². The maximum Gasteiger partial charge on any atom is 0.251 e. The normalized spacial score (nSPS) is 15.2. The zero-order chi connectivity index (χ0) is 19.8. The molecule has 0 fully saturated rings. The van der Waals surface area contributed by atoms with Gasteiger partial charge in [0.2, 0.25) is 5.91 Å². The van der Waals surface area contributed by atoms with Crippen molar-refractivity contribution in [3.8, 4) is 11.1 Å². The standard InChI is InChI=1S/C20H16ClFN4O2/c1-11-18(12-5-7-14(22)8-6-12)19-24-20(28)16(26(19)25-11)10-17(27)23-15-4-2-3-13(21)9-15/h2-9,16H,10H2,1H3,(H,23,27)(H,24,28).